The van der Waals surface area contributed by atoms with Crippen molar-refractivity contribution in [1.29, 1.82) is 0 Å². The summed E-state index contributed by atoms with van der Waals surface area (Å²) < 4.78 is 7.18. The fourth-order valence-electron chi connectivity index (χ4n) is 4.53. The van der Waals surface area contributed by atoms with Gasteiger partial charge in [-0.15, -0.1) is 0 Å². The van der Waals surface area contributed by atoms with Crippen molar-refractivity contribution in [3.8, 4) is 5.75 Å². The number of amides is 1. The van der Waals surface area contributed by atoms with Crippen LogP contribution in [0.3, 0.4) is 0 Å². The van der Waals surface area contributed by atoms with E-state index >= 15 is 0 Å². The Morgan fingerprint density at radius 3 is 2.68 bits per heavy atom. The molecular weight excluding hydrogens is 474 g/mol. The van der Waals surface area contributed by atoms with Crippen LogP contribution < -0.4 is 21.3 Å². The third kappa shape index (κ3) is 6.00. The molecule has 2 aromatic heterocycles. The highest BCUT2D eigenvalue weighted by molar-refractivity contribution is 5.95. The Labute approximate surface area is 215 Å². The number of nitrogens with two attached hydrogens (primary N) is 1. The smallest absolute Gasteiger partial charge is 0.264 e. The number of nitrogens with zero attached hydrogens (tertiary/aromatic N) is 5. The third-order valence-corrected chi connectivity index (χ3v) is 6.61. The number of β-amino-alcohol motifs (C(OH)–C–C–N with tert-alkyl or cyclic N) is 1. The number of benzene rings is 1. The van der Waals surface area contributed by atoms with Crippen molar-refractivity contribution in [2.24, 2.45) is 0 Å². The Kier molecular flexibility index (Phi) is 8.57. The zero-order chi connectivity index (χ0) is 26.4. The topological polar surface area (TPSA) is 139 Å². The monoisotopic (exact) mass is 509 g/mol. The van der Waals surface area contributed by atoms with E-state index in [1.807, 2.05) is 11.0 Å². The summed E-state index contributed by atoms with van der Waals surface area (Å²) in [5.74, 6) is 1.02. The molecule has 0 bridgehead atoms. The van der Waals surface area contributed by atoms with Gasteiger partial charge in [-0.1, -0.05) is 19.4 Å². The molecule has 0 radical (unpaired) electrons. The standard InChI is InChI=1S/C26H35N7O4/c1-3-4-8-28-23-22-20(29-26(27)30-23)7-9-33(25(22)36)17-19-6-5-18(16-21(19)37-2)24(35)32-12-10-31(11-13-32)14-15-34/h5-7,9,16,34H,3-4,8,10-15,17H2,1-2H3,(H3,27,28,29,30). The Hall–Kier alpha value is -3.70. The molecule has 4 rings (SSSR count). The molecular formula is C26H35N7O4. The number of aliphatic hydroxyl groups is 1. The van der Waals surface area contributed by atoms with Crippen molar-refractivity contribution < 1.29 is 14.6 Å². The highest BCUT2D eigenvalue weighted by Gasteiger charge is 2.23. The zero-order valence-corrected chi connectivity index (χ0v) is 21.4. The van der Waals surface area contributed by atoms with Crippen molar-refractivity contribution in [2.75, 3.05) is 64.0 Å². The fraction of sp³-hybridized carbons (Fsp3) is 0.462. The first kappa shape index (κ1) is 26.4. The number of aliphatic hydroxyl groups excluding tert-OH is 1. The lowest BCUT2D eigenvalue weighted by molar-refractivity contribution is 0.0614. The number of hydrogen-bond donors (Lipinski definition) is 3. The molecule has 198 valence electrons. The number of fused-ring (bicyclic) bond motifs is 1. The summed E-state index contributed by atoms with van der Waals surface area (Å²) in [6.45, 7) is 6.44. The molecule has 0 unspecified atom stereocenters. The van der Waals surface area contributed by atoms with E-state index in [0.717, 1.165) is 31.5 Å². The molecule has 1 aromatic carbocycles. The number of anilines is 2. The van der Waals surface area contributed by atoms with Crippen LogP contribution in [0.25, 0.3) is 10.9 Å². The predicted molar refractivity (Wildman–Crippen MR) is 143 cm³/mol. The van der Waals surface area contributed by atoms with Crippen LogP contribution in [0.4, 0.5) is 11.8 Å². The van der Waals surface area contributed by atoms with E-state index in [4.69, 9.17) is 15.6 Å². The Balaban J connectivity index is 1.57. The molecule has 1 amide bonds. The van der Waals surface area contributed by atoms with Crippen LogP contribution in [0, 0.1) is 0 Å². The van der Waals surface area contributed by atoms with Crippen molar-refractivity contribution in [1.82, 2.24) is 24.3 Å². The number of aromatic nitrogens is 3. The number of nitrogen functional groups attached to an aromatic ring is 1. The SMILES string of the molecule is CCCCNc1nc(N)nc2ccn(Cc3ccc(C(=O)N4CCN(CCO)CC4)cc3OC)c(=O)c12. The van der Waals surface area contributed by atoms with Gasteiger partial charge in [0.25, 0.3) is 11.5 Å². The van der Waals surface area contributed by atoms with Crippen LogP contribution in [-0.2, 0) is 6.54 Å². The molecule has 11 heteroatoms. The van der Waals surface area contributed by atoms with Gasteiger partial charge in [0.15, 0.2) is 0 Å². The van der Waals surface area contributed by atoms with E-state index in [-0.39, 0.29) is 30.6 Å². The van der Waals surface area contributed by atoms with Crippen LogP contribution in [0.1, 0.15) is 35.7 Å². The predicted octanol–water partition coefficient (Wildman–Crippen LogP) is 1.39. The van der Waals surface area contributed by atoms with Gasteiger partial charge in [-0.25, -0.2) is 4.98 Å². The molecule has 3 aromatic rings. The average molecular weight is 510 g/mol. The molecule has 1 saturated heterocycles. The van der Waals surface area contributed by atoms with Crippen molar-refractivity contribution in [2.45, 2.75) is 26.3 Å². The highest BCUT2D eigenvalue weighted by atomic mass is 16.5. The fourth-order valence-corrected chi connectivity index (χ4v) is 4.53. The molecule has 0 aliphatic carbocycles. The molecule has 11 nitrogen and oxygen atoms in total. The van der Waals surface area contributed by atoms with E-state index in [0.29, 0.717) is 54.2 Å². The normalized spacial score (nSPS) is 14.2. The van der Waals surface area contributed by atoms with E-state index in [1.54, 1.807) is 36.1 Å². The maximum Gasteiger partial charge on any atom is 0.264 e. The van der Waals surface area contributed by atoms with Gasteiger partial charge in [0, 0.05) is 56.6 Å². The maximum atomic E-state index is 13.4. The lowest BCUT2D eigenvalue weighted by Gasteiger charge is -2.34. The molecule has 0 spiro atoms. The van der Waals surface area contributed by atoms with E-state index in [9.17, 15) is 9.59 Å². The van der Waals surface area contributed by atoms with Crippen molar-refractivity contribution >= 4 is 28.6 Å². The number of carbonyl (C=O) groups is 1. The summed E-state index contributed by atoms with van der Waals surface area (Å²) in [4.78, 5) is 39.0. The van der Waals surface area contributed by atoms with E-state index < -0.39 is 0 Å². The maximum absolute atomic E-state index is 13.4. The summed E-state index contributed by atoms with van der Waals surface area (Å²) in [5.41, 5.74) is 7.41. The van der Waals surface area contributed by atoms with Crippen LogP contribution in [0.2, 0.25) is 0 Å². The van der Waals surface area contributed by atoms with Crippen molar-refractivity contribution in [3.63, 3.8) is 0 Å². The Morgan fingerprint density at radius 1 is 1.19 bits per heavy atom. The molecule has 0 atom stereocenters. The summed E-state index contributed by atoms with van der Waals surface area (Å²) >= 11 is 0. The zero-order valence-electron chi connectivity index (χ0n) is 21.4. The summed E-state index contributed by atoms with van der Waals surface area (Å²) in [7, 11) is 1.55. The molecule has 4 N–H and O–H groups in total. The summed E-state index contributed by atoms with van der Waals surface area (Å²) in [6, 6.07) is 7.07. The third-order valence-electron chi connectivity index (χ3n) is 6.61. The number of ether oxygens (including phenoxy) is 1. The minimum atomic E-state index is -0.237. The lowest BCUT2D eigenvalue weighted by atomic mass is 10.1. The quantitative estimate of drug-likeness (QED) is 0.346. The first-order valence-corrected chi connectivity index (χ1v) is 12.6. The highest BCUT2D eigenvalue weighted by Crippen LogP contribution is 2.24. The van der Waals surface area contributed by atoms with Gasteiger partial charge in [-0.3, -0.25) is 14.5 Å². The van der Waals surface area contributed by atoms with Crippen LogP contribution in [0.15, 0.2) is 35.3 Å². The minimum absolute atomic E-state index is 0.0612. The second-order valence-corrected chi connectivity index (χ2v) is 9.10. The molecule has 1 fully saturated rings. The number of pyridine rings is 1. The first-order valence-electron chi connectivity index (χ1n) is 12.6. The van der Waals surface area contributed by atoms with Gasteiger partial charge in [-0.2, -0.15) is 4.98 Å². The summed E-state index contributed by atoms with van der Waals surface area (Å²) in [5, 5.41) is 12.7. The van der Waals surface area contributed by atoms with Gasteiger partial charge < -0.3 is 30.4 Å². The Bertz CT molecular complexity index is 1300. The number of piperazine rings is 1. The van der Waals surface area contributed by atoms with Crippen molar-refractivity contribution in [3.05, 3.63) is 51.9 Å². The number of nitrogens with one attached hydrogen (secondary N) is 1. The van der Waals surface area contributed by atoms with Gasteiger partial charge in [0.05, 0.1) is 25.8 Å². The number of rotatable bonds is 10. The molecule has 3 heterocycles. The van der Waals surface area contributed by atoms with Gasteiger partial charge in [-0.05, 0) is 24.6 Å². The molecule has 1 aliphatic rings. The van der Waals surface area contributed by atoms with Crippen LogP contribution in [-0.4, -0.2) is 88.3 Å². The second kappa shape index (κ2) is 12.0. The van der Waals surface area contributed by atoms with Crippen LogP contribution >= 0.6 is 0 Å². The number of methoxy groups -OCH3 is 1. The number of unbranched alkanes of at least 4 members (excludes halogenated alkanes) is 1. The minimum Gasteiger partial charge on any atom is -0.496 e. The average Bonchev–Trinajstić information content (AvgIpc) is 2.90. The van der Waals surface area contributed by atoms with Gasteiger partial charge in [0.2, 0.25) is 5.95 Å². The van der Waals surface area contributed by atoms with E-state index in [1.165, 1.54) is 0 Å². The number of carbonyl (C=O) groups excluding carboxylic acids is 1. The summed E-state index contributed by atoms with van der Waals surface area (Å²) in [6.07, 6.45) is 3.62. The molecule has 37 heavy (non-hydrogen) atoms. The van der Waals surface area contributed by atoms with Gasteiger partial charge in [0.1, 0.15) is 17.0 Å². The lowest BCUT2D eigenvalue weighted by Crippen LogP contribution is -2.49. The molecule has 0 saturated carbocycles. The molecule has 1 aliphatic heterocycles. The largest absolute Gasteiger partial charge is 0.496 e. The first-order chi connectivity index (χ1) is 17.9. The Morgan fingerprint density at radius 2 is 1.97 bits per heavy atom. The van der Waals surface area contributed by atoms with E-state index in [2.05, 4.69) is 27.1 Å². The van der Waals surface area contributed by atoms with Crippen LogP contribution in [0.5, 0.6) is 5.75 Å². The number of hydrogen-bond acceptors (Lipinski definition) is 9. The van der Waals surface area contributed by atoms with Gasteiger partial charge >= 0.3 is 0 Å². The second-order valence-electron chi connectivity index (χ2n) is 9.10.